The van der Waals surface area contributed by atoms with Gasteiger partial charge in [-0.15, -0.1) is 22.7 Å². The molecule has 0 unspecified atom stereocenters. The molecular weight excluding hydrogens is 739 g/mol. The van der Waals surface area contributed by atoms with Crippen LogP contribution in [0.3, 0.4) is 0 Å². The maximum Gasteiger partial charge on any atom is 0.164 e. The highest BCUT2D eigenvalue weighted by Crippen LogP contribution is 2.39. The standard InChI is InChI=1S/C49H29N5OS2/c50-46(51-45(29-12-3-1-4-13-29)43-27-31-16-7-10-20-40(31)56-43)36-18-11-21-41-44(36)35-24-22-33(28-42(35)57-41)49-53-47(30-14-5-2-6-15-30)52-48(54-49)32-23-25-39-37(26-32)34-17-8-9-19-38(34)55-39/h1-28,50H. The van der Waals surface area contributed by atoms with Crippen molar-refractivity contribution < 1.29 is 4.42 Å². The highest BCUT2D eigenvalue weighted by atomic mass is 32.1. The van der Waals surface area contributed by atoms with E-state index in [-0.39, 0.29) is 5.84 Å². The zero-order valence-electron chi connectivity index (χ0n) is 30.2. The lowest BCUT2D eigenvalue weighted by atomic mass is 10.0. The second-order valence-corrected chi connectivity index (χ2v) is 16.0. The van der Waals surface area contributed by atoms with E-state index < -0.39 is 0 Å². The Balaban J connectivity index is 1.03. The first-order valence-corrected chi connectivity index (χ1v) is 20.2. The van der Waals surface area contributed by atoms with E-state index in [1.807, 2.05) is 91.0 Å². The van der Waals surface area contributed by atoms with Gasteiger partial charge in [0.25, 0.3) is 0 Å². The van der Waals surface area contributed by atoms with Crippen LogP contribution >= 0.6 is 22.7 Å². The normalized spacial score (nSPS) is 12.0. The van der Waals surface area contributed by atoms with Gasteiger partial charge in [0.05, 0.1) is 10.6 Å². The molecule has 57 heavy (non-hydrogen) atoms. The SMILES string of the molecule is N=C(N=C(c1ccccc1)c1cc2ccccc2s1)c1cccc2sc3cc(-c4nc(-c5ccccc5)nc(-c5ccc6oc7ccccc7c6c5)n4)ccc3c12. The fourth-order valence-electron chi connectivity index (χ4n) is 7.51. The number of furan rings is 1. The molecule has 0 saturated heterocycles. The van der Waals surface area contributed by atoms with E-state index in [0.29, 0.717) is 17.5 Å². The number of aliphatic imine (C=N–C) groups is 1. The Morgan fingerprint density at radius 1 is 0.491 bits per heavy atom. The molecule has 0 fully saturated rings. The number of nitrogens with one attached hydrogen (secondary N) is 1. The van der Waals surface area contributed by atoms with Crippen LogP contribution in [0.2, 0.25) is 0 Å². The number of aromatic nitrogens is 3. The molecule has 1 N–H and O–H groups in total. The summed E-state index contributed by atoms with van der Waals surface area (Å²) in [7, 11) is 0. The molecule has 0 spiro atoms. The van der Waals surface area contributed by atoms with Crippen molar-refractivity contribution in [1.82, 2.24) is 15.0 Å². The highest BCUT2D eigenvalue weighted by molar-refractivity contribution is 7.26. The van der Waals surface area contributed by atoms with E-state index >= 15 is 0 Å². The Hall–Kier alpha value is -7.13. The quantitative estimate of drug-likeness (QED) is 0.135. The zero-order chi connectivity index (χ0) is 37.9. The molecule has 268 valence electrons. The second-order valence-electron chi connectivity index (χ2n) is 13.8. The number of hydrogen-bond acceptors (Lipinski definition) is 7. The number of rotatable bonds is 6. The highest BCUT2D eigenvalue weighted by Gasteiger charge is 2.19. The minimum absolute atomic E-state index is 0.220. The van der Waals surface area contributed by atoms with Gasteiger partial charge in [0, 0.05) is 63.5 Å². The number of para-hydroxylation sites is 1. The molecule has 4 heterocycles. The van der Waals surface area contributed by atoms with Crippen LogP contribution in [0.15, 0.2) is 179 Å². The summed E-state index contributed by atoms with van der Waals surface area (Å²) < 4.78 is 9.48. The Kier molecular flexibility index (Phi) is 7.91. The van der Waals surface area contributed by atoms with Crippen LogP contribution in [-0.2, 0) is 0 Å². The molecule has 0 radical (unpaired) electrons. The van der Waals surface area contributed by atoms with Crippen LogP contribution in [0.5, 0.6) is 0 Å². The fraction of sp³-hybridized carbons (Fsp3) is 0. The van der Waals surface area contributed by atoms with Crippen molar-refractivity contribution >= 4 is 86.4 Å². The van der Waals surface area contributed by atoms with Gasteiger partial charge in [-0.05, 0) is 53.9 Å². The first-order valence-electron chi connectivity index (χ1n) is 18.5. The Labute approximate surface area is 334 Å². The van der Waals surface area contributed by atoms with Gasteiger partial charge >= 0.3 is 0 Å². The van der Waals surface area contributed by atoms with Crippen LogP contribution in [0, 0.1) is 5.41 Å². The van der Waals surface area contributed by atoms with E-state index in [1.54, 1.807) is 22.7 Å². The second kappa shape index (κ2) is 13.6. The van der Waals surface area contributed by atoms with Gasteiger partial charge in [0.2, 0.25) is 0 Å². The topological polar surface area (TPSA) is 88.0 Å². The van der Waals surface area contributed by atoms with Gasteiger partial charge in [-0.2, -0.15) is 0 Å². The van der Waals surface area contributed by atoms with E-state index in [0.717, 1.165) is 80.5 Å². The van der Waals surface area contributed by atoms with Gasteiger partial charge < -0.3 is 4.42 Å². The zero-order valence-corrected chi connectivity index (χ0v) is 31.8. The predicted molar refractivity (Wildman–Crippen MR) is 237 cm³/mol. The van der Waals surface area contributed by atoms with Crippen molar-refractivity contribution in [2.45, 2.75) is 0 Å². The largest absolute Gasteiger partial charge is 0.456 e. The number of hydrogen-bond donors (Lipinski definition) is 1. The van der Waals surface area contributed by atoms with E-state index in [4.69, 9.17) is 24.4 Å². The average Bonchev–Trinajstić information content (AvgIpc) is 3.99. The molecule has 4 aromatic heterocycles. The smallest absolute Gasteiger partial charge is 0.164 e. The first-order chi connectivity index (χ1) is 28.1. The van der Waals surface area contributed by atoms with Crippen LogP contribution in [0.4, 0.5) is 0 Å². The Bertz CT molecular complexity index is 3350. The molecule has 0 aliphatic rings. The van der Waals surface area contributed by atoms with Crippen LogP contribution in [0.25, 0.3) is 86.4 Å². The maximum absolute atomic E-state index is 9.45. The molecule has 8 heteroatoms. The van der Waals surface area contributed by atoms with Crippen molar-refractivity contribution in [3.63, 3.8) is 0 Å². The molecule has 11 rings (SSSR count). The van der Waals surface area contributed by atoms with Gasteiger partial charge in [0.1, 0.15) is 11.2 Å². The third-order valence-electron chi connectivity index (χ3n) is 10.2. The fourth-order valence-corrected chi connectivity index (χ4v) is 9.75. The molecule has 0 saturated carbocycles. The first kappa shape index (κ1) is 33.2. The van der Waals surface area contributed by atoms with Crippen LogP contribution in [0.1, 0.15) is 16.0 Å². The van der Waals surface area contributed by atoms with Crippen molar-refractivity contribution in [3.8, 4) is 34.2 Å². The lowest BCUT2D eigenvalue weighted by Gasteiger charge is -2.09. The summed E-state index contributed by atoms with van der Waals surface area (Å²) in [6, 6.07) is 57.4. The summed E-state index contributed by atoms with van der Waals surface area (Å²) in [4.78, 5) is 21.2. The number of thiophene rings is 2. The molecule has 0 bridgehead atoms. The summed E-state index contributed by atoms with van der Waals surface area (Å²) in [5, 5.41) is 14.8. The molecule has 6 nitrogen and oxygen atoms in total. The molecule has 11 aromatic rings. The summed E-state index contributed by atoms with van der Waals surface area (Å²) in [5.74, 6) is 2.00. The van der Waals surface area contributed by atoms with Crippen LogP contribution < -0.4 is 0 Å². The minimum atomic E-state index is 0.220. The maximum atomic E-state index is 9.45. The summed E-state index contributed by atoms with van der Waals surface area (Å²) in [6.45, 7) is 0. The number of amidine groups is 1. The molecule has 0 aliphatic carbocycles. The van der Waals surface area contributed by atoms with Crippen molar-refractivity contribution in [1.29, 1.82) is 5.41 Å². The lowest BCUT2D eigenvalue weighted by Crippen LogP contribution is -2.06. The predicted octanol–water partition coefficient (Wildman–Crippen LogP) is 13.2. The summed E-state index contributed by atoms with van der Waals surface area (Å²) >= 11 is 3.40. The summed E-state index contributed by atoms with van der Waals surface area (Å²) in [6.07, 6.45) is 0. The monoisotopic (exact) mass is 767 g/mol. The van der Waals surface area contributed by atoms with Crippen molar-refractivity contribution in [2.24, 2.45) is 4.99 Å². The van der Waals surface area contributed by atoms with Crippen molar-refractivity contribution in [3.05, 3.63) is 186 Å². The third kappa shape index (κ3) is 5.90. The summed E-state index contributed by atoms with van der Waals surface area (Å²) in [5.41, 5.74) is 6.91. The van der Waals surface area contributed by atoms with E-state index in [9.17, 15) is 5.41 Å². The number of fused-ring (bicyclic) bond motifs is 7. The lowest BCUT2D eigenvalue weighted by molar-refractivity contribution is 0.669. The minimum Gasteiger partial charge on any atom is -0.456 e. The van der Waals surface area contributed by atoms with Crippen LogP contribution in [-0.4, -0.2) is 26.5 Å². The number of nitrogens with zero attached hydrogens (tertiary/aromatic N) is 4. The Morgan fingerprint density at radius 3 is 1.98 bits per heavy atom. The van der Waals surface area contributed by atoms with E-state index in [2.05, 4.69) is 78.9 Å². The average molecular weight is 768 g/mol. The van der Waals surface area contributed by atoms with Gasteiger partial charge in [-0.1, -0.05) is 121 Å². The number of benzene rings is 7. The third-order valence-corrected chi connectivity index (χ3v) is 12.5. The van der Waals surface area contributed by atoms with Crippen molar-refractivity contribution in [2.75, 3.05) is 0 Å². The molecule has 7 aromatic carbocycles. The van der Waals surface area contributed by atoms with Gasteiger partial charge in [-0.3, -0.25) is 5.41 Å². The van der Waals surface area contributed by atoms with Gasteiger partial charge in [-0.25, -0.2) is 19.9 Å². The molecule has 0 amide bonds. The molecule has 0 aliphatic heterocycles. The molecule has 0 atom stereocenters. The van der Waals surface area contributed by atoms with E-state index in [1.165, 1.54) is 10.1 Å². The van der Waals surface area contributed by atoms with Gasteiger partial charge in [0.15, 0.2) is 23.3 Å². The molecular formula is C49H29N5OS2. The Morgan fingerprint density at radius 2 is 1.16 bits per heavy atom.